The number of hydrogen-bond donors (Lipinski definition) is 1. The summed E-state index contributed by atoms with van der Waals surface area (Å²) in [4.78, 5) is 38.6. The van der Waals surface area contributed by atoms with Crippen molar-refractivity contribution in [1.82, 2.24) is 19.5 Å². The number of esters is 1. The Morgan fingerprint density at radius 2 is 1.43 bits per heavy atom. The molecule has 0 aliphatic carbocycles. The highest BCUT2D eigenvalue weighted by Gasteiger charge is 2.44. The van der Waals surface area contributed by atoms with Crippen LogP contribution in [0.4, 0.5) is 5.82 Å². The maximum absolute atomic E-state index is 13.2. The van der Waals surface area contributed by atoms with E-state index in [1.807, 2.05) is 109 Å². The van der Waals surface area contributed by atoms with Gasteiger partial charge in [0.1, 0.15) is 47.6 Å². The zero-order valence-electron chi connectivity index (χ0n) is 31.5. The Bertz CT molecular complexity index is 2230. The van der Waals surface area contributed by atoms with Crippen LogP contribution in [-0.2, 0) is 29.4 Å². The lowest BCUT2D eigenvalue weighted by molar-refractivity contribution is -0.156. The van der Waals surface area contributed by atoms with Gasteiger partial charge in [-0.2, -0.15) is 0 Å². The number of rotatable bonds is 16. The van der Waals surface area contributed by atoms with Crippen molar-refractivity contribution in [1.29, 1.82) is 0 Å². The van der Waals surface area contributed by atoms with Gasteiger partial charge in [0.15, 0.2) is 17.0 Å². The normalized spacial score (nSPS) is 16.7. The summed E-state index contributed by atoms with van der Waals surface area (Å²) in [6.45, 7) is 5.64. The number of carbonyl (C=O) groups excluding carboxylic acids is 2. The predicted octanol–water partition coefficient (Wildman–Crippen LogP) is 7.50. The summed E-state index contributed by atoms with van der Waals surface area (Å²) < 4.78 is 32.8. The molecule has 2 aromatic heterocycles. The molecule has 1 unspecified atom stereocenters. The van der Waals surface area contributed by atoms with Gasteiger partial charge in [-0.25, -0.2) is 15.0 Å². The third kappa shape index (κ3) is 8.02. The van der Waals surface area contributed by atoms with Crippen LogP contribution in [0.25, 0.3) is 16.9 Å². The third-order valence-corrected chi connectivity index (χ3v) is 9.84. The van der Waals surface area contributed by atoms with E-state index in [1.54, 1.807) is 25.1 Å². The highest BCUT2D eigenvalue weighted by Crippen LogP contribution is 2.43. The summed E-state index contributed by atoms with van der Waals surface area (Å²) in [6, 6.07) is 35.1. The summed E-state index contributed by atoms with van der Waals surface area (Å²) >= 11 is 0. The highest BCUT2D eigenvalue weighted by molar-refractivity contribution is 5.88. The average molecular weight is 754 g/mol. The van der Waals surface area contributed by atoms with E-state index in [1.165, 1.54) is 13.3 Å². The second kappa shape index (κ2) is 17.0. The van der Waals surface area contributed by atoms with Crippen LogP contribution < -0.4 is 14.8 Å². The summed E-state index contributed by atoms with van der Waals surface area (Å²) in [6.07, 6.45) is 1.32. The van der Waals surface area contributed by atoms with Crippen molar-refractivity contribution in [3.8, 4) is 11.5 Å². The first-order chi connectivity index (χ1) is 27.3. The molecule has 1 N–H and O–H groups in total. The highest BCUT2D eigenvalue weighted by atomic mass is 16.6. The molecule has 1 aliphatic heterocycles. The van der Waals surface area contributed by atoms with Crippen LogP contribution in [0.3, 0.4) is 0 Å². The lowest BCUT2D eigenvalue weighted by Crippen LogP contribution is -2.39. The molecule has 1 saturated heterocycles. The van der Waals surface area contributed by atoms with Crippen LogP contribution in [-0.4, -0.2) is 64.3 Å². The number of methoxy groups -OCH3 is 2. The molecule has 0 radical (unpaired) electrons. The molecular weight excluding hydrogens is 711 g/mol. The Labute approximate surface area is 325 Å². The quantitative estimate of drug-likeness (QED) is 0.0777. The Morgan fingerprint density at radius 1 is 0.821 bits per heavy atom. The van der Waals surface area contributed by atoms with Gasteiger partial charge < -0.3 is 33.8 Å². The number of ether oxygens (including phenoxy) is 5. The first-order valence-electron chi connectivity index (χ1n) is 18.3. The number of benzene rings is 4. The zero-order valence-corrected chi connectivity index (χ0v) is 31.5. The smallest absolute Gasteiger partial charge is 0.306 e. The second-order valence-corrected chi connectivity index (χ2v) is 13.4. The molecule has 0 amide bonds. The zero-order chi connectivity index (χ0) is 39.1. The number of ketones is 1. The minimum Gasteiger partial charge on any atom is -0.497 e. The van der Waals surface area contributed by atoms with Crippen LogP contribution in [0, 0.1) is 0 Å². The number of fused-ring (bicyclic) bond motifs is 1. The Kier molecular flexibility index (Phi) is 11.5. The van der Waals surface area contributed by atoms with Crippen molar-refractivity contribution in [3.05, 3.63) is 151 Å². The molecular formula is C44H43N5O7. The number of hydrogen-bond acceptors (Lipinski definition) is 11. The van der Waals surface area contributed by atoms with Crippen LogP contribution in [0.15, 0.2) is 128 Å². The fourth-order valence-electron chi connectivity index (χ4n) is 6.94. The minimum absolute atomic E-state index is 0.0133. The molecule has 12 nitrogen and oxygen atoms in total. The van der Waals surface area contributed by atoms with E-state index in [0.717, 1.165) is 22.3 Å². The van der Waals surface area contributed by atoms with Gasteiger partial charge in [0.25, 0.3) is 0 Å². The molecule has 7 rings (SSSR count). The fourth-order valence-corrected chi connectivity index (χ4v) is 6.94. The van der Waals surface area contributed by atoms with Gasteiger partial charge >= 0.3 is 5.97 Å². The number of nitrogens with zero attached hydrogens (tertiary/aromatic N) is 4. The SMILES string of the molecule is C=C(Nc1ncnc2c1ncn2[C@H]1CC(OC(=O)CCC(C)=O)[C@@H](COC(c2ccccc2)(c2ccc(OC)cc2)c2ccc(OC)cc2)O1)c1ccccc1. The van der Waals surface area contributed by atoms with Crippen LogP contribution in [0.5, 0.6) is 11.5 Å². The van der Waals surface area contributed by atoms with E-state index in [-0.39, 0.29) is 31.7 Å². The summed E-state index contributed by atoms with van der Waals surface area (Å²) in [5, 5.41) is 3.27. The third-order valence-electron chi connectivity index (χ3n) is 9.84. The number of anilines is 1. The van der Waals surface area contributed by atoms with E-state index in [0.29, 0.717) is 34.2 Å². The molecule has 3 heterocycles. The molecule has 3 atom stereocenters. The van der Waals surface area contributed by atoms with E-state index >= 15 is 0 Å². The maximum atomic E-state index is 13.2. The molecule has 0 bridgehead atoms. The standard InChI is InChI=1S/C44H43N5O7/c1-29(50)15-24-40(51)56-37-25-39(49-28-47-41-42(45-27-46-43(41)49)48-30(2)31-11-7-5-8-12-31)55-38(37)26-54-44(32-13-9-6-10-14-32,33-16-20-35(52-3)21-17-33)34-18-22-36(53-4)23-19-34/h5-14,16-23,27-28,37-39H,2,15,24-26H2,1,3-4H3,(H,45,46,48)/t37?,38-,39-/m1/s1. The van der Waals surface area contributed by atoms with Crippen molar-refractivity contribution in [2.45, 2.75) is 50.2 Å². The summed E-state index contributed by atoms with van der Waals surface area (Å²) in [5.41, 5.74) is 4.02. The molecule has 286 valence electrons. The number of Topliss-reactive ketones (excluding diaryl/α,β-unsaturated/α-hetero) is 1. The van der Waals surface area contributed by atoms with Crippen molar-refractivity contribution in [2.75, 3.05) is 26.1 Å². The lowest BCUT2D eigenvalue weighted by Gasteiger charge is -2.37. The van der Waals surface area contributed by atoms with Gasteiger partial charge in [-0.3, -0.25) is 9.36 Å². The van der Waals surface area contributed by atoms with Gasteiger partial charge in [0.05, 0.1) is 33.6 Å². The number of aromatic nitrogens is 4. The van der Waals surface area contributed by atoms with E-state index in [9.17, 15) is 9.59 Å². The lowest BCUT2D eigenvalue weighted by atomic mass is 9.80. The summed E-state index contributed by atoms with van der Waals surface area (Å²) in [5.74, 6) is 1.29. The van der Waals surface area contributed by atoms with Gasteiger partial charge in [-0.05, 0) is 53.4 Å². The first-order valence-corrected chi connectivity index (χ1v) is 18.3. The van der Waals surface area contributed by atoms with E-state index < -0.39 is 30.0 Å². The Hall–Kier alpha value is -6.37. The van der Waals surface area contributed by atoms with Crippen molar-refractivity contribution in [3.63, 3.8) is 0 Å². The van der Waals surface area contributed by atoms with Crippen LogP contribution >= 0.6 is 0 Å². The molecule has 56 heavy (non-hydrogen) atoms. The molecule has 12 heteroatoms. The van der Waals surface area contributed by atoms with E-state index in [2.05, 4.69) is 26.8 Å². The topological polar surface area (TPSA) is 136 Å². The minimum atomic E-state index is -1.14. The van der Waals surface area contributed by atoms with Crippen molar-refractivity contribution < 1.29 is 33.3 Å². The predicted molar refractivity (Wildman–Crippen MR) is 211 cm³/mol. The molecule has 1 fully saturated rings. The van der Waals surface area contributed by atoms with Gasteiger partial charge in [0, 0.05) is 18.5 Å². The molecule has 0 spiro atoms. The van der Waals surface area contributed by atoms with Crippen molar-refractivity contribution >= 4 is 34.4 Å². The Morgan fingerprint density at radius 3 is 2.04 bits per heavy atom. The molecule has 4 aromatic carbocycles. The van der Waals surface area contributed by atoms with Gasteiger partial charge in [-0.15, -0.1) is 0 Å². The van der Waals surface area contributed by atoms with Gasteiger partial charge in [-0.1, -0.05) is 91.5 Å². The van der Waals surface area contributed by atoms with E-state index in [4.69, 9.17) is 23.7 Å². The Balaban J connectivity index is 1.23. The maximum Gasteiger partial charge on any atom is 0.306 e. The number of nitrogens with one attached hydrogen (secondary N) is 1. The number of imidazole rings is 1. The van der Waals surface area contributed by atoms with Crippen molar-refractivity contribution in [2.24, 2.45) is 0 Å². The number of carbonyl (C=O) groups is 2. The molecule has 6 aromatic rings. The second-order valence-electron chi connectivity index (χ2n) is 13.4. The van der Waals surface area contributed by atoms with Crippen LogP contribution in [0.2, 0.25) is 0 Å². The summed E-state index contributed by atoms with van der Waals surface area (Å²) in [7, 11) is 3.25. The van der Waals surface area contributed by atoms with Crippen LogP contribution in [0.1, 0.15) is 54.7 Å². The first kappa shape index (κ1) is 37.9. The molecule has 0 saturated carbocycles. The van der Waals surface area contributed by atoms with Gasteiger partial charge in [0.2, 0.25) is 0 Å². The largest absolute Gasteiger partial charge is 0.497 e. The molecule has 1 aliphatic rings. The average Bonchev–Trinajstić information content (AvgIpc) is 3.86. The monoisotopic (exact) mass is 753 g/mol. The fraction of sp³-hybridized carbons (Fsp3) is 0.250.